The van der Waals surface area contributed by atoms with Gasteiger partial charge in [-0.2, -0.15) is 15.8 Å². The van der Waals surface area contributed by atoms with Crippen LogP contribution in [0.15, 0.2) is 115 Å². The highest BCUT2D eigenvalue weighted by Gasteiger charge is 2.25. The maximum absolute atomic E-state index is 10.5. The van der Waals surface area contributed by atoms with Gasteiger partial charge in [0.25, 0.3) is 0 Å². The van der Waals surface area contributed by atoms with E-state index < -0.39 is 0 Å². The van der Waals surface area contributed by atoms with E-state index in [1.54, 1.807) is 6.08 Å². The molecule has 0 radical (unpaired) electrons. The molecule has 0 atom stereocenters. The number of hydrogen-bond donors (Lipinski definition) is 0. The first-order chi connectivity index (χ1) is 25.1. The molecule has 0 saturated heterocycles. The lowest BCUT2D eigenvalue weighted by Crippen LogP contribution is -2.06. The molecule has 2 aliphatic carbocycles. The minimum absolute atomic E-state index is 0.341. The third kappa shape index (κ3) is 5.14. The van der Waals surface area contributed by atoms with Crippen molar-refractivity contribution in [3.8, 4) is 51.8 Å². The molecular formula is C46H33N5. The van der Waals surface area contributed by atoms with Gasteiger partial charge >= 0.3 is 0 Å². The Bertz CT molecular complexity index is 2650. The van der Waals surface area contributed by atoms with Crippen molar-refractivity contribution < 1.29 is 0 Å². The Morgan fingerprint density at radius 3 is 2.41 bits per heavy atom. The van der Waals surface area contributed by atoms with Gasteiger partial charge in [0.1, 0.15) is 12.1 Å². The quantitative estimate of drug-likeness (QED) is 0.132. The maximum Gasteiger partial charge on any atom is 0.101 e. The number of nitriles is 3. The molecule has 0 aliphatic heterocycles. The Kier molecular flexibility index (Phi) is 7.92. The number of nitrogens with zero attached hydrogens (tertiary/aromatic N) is 5. The molecule has 8 rings (SSSR count). The predicted molar refractivity (Wildman–Crippen MR) is 206 cm³/mol. The zero-order valence-electron chi connectivity index (χ0n) is 28.3. The van der Waals surface area contributed by atoms with Crippen molar-refractivity contribution in [3.63, 3.8) is 0 Å². The van der Waals surface area contributed by atoms with Gasteiger partial charge in [-0.1, -0.05) is 79.4 Å². The highest BCUT2D eigenvalue weighted by molar-refractivity contribution is 5.94. The largest absolute Gasteiger partial charge is 0.313 e. The Labute approximate surface area is 297 Å². The van der Waals surface area contributed by atoms with E-state index in [2.05, 4.69) is 101 Å². The Morgan fingerprint density at radius 1 is 0.784 bits per heavy atom. The van der Waals surface area contributed by atoms with E-state index in [0.717, 1.165) is 75.9 Å². The van der Waals surface area contributed by atoms with Crippen molar-refractivity contribution in [2.75, 3.05) is 0 Å². The van der Waals surface area contributed by atoms with Crippen LogP contribution < -0.4 is 0 Å². The van der Waals surface area contributed by atoms with Crippen LogP contribution in [0.1, 0.15) is 57.7 Å². The van der Waals surface area contributed by atoms with Crippen LogP contribution in [0.3, 0.4) is 0 Å². The predicted octanol–water partition coefficient (Wildman–Crippen LogP) is 10.8. The van der Waals surface area contributed by atoms with Crippen molar-refractivity contribution in [3.05, 3.63) is 160 Å². The summed E-state index contributed by atoms with van der Waals surface area (Å²) in [6.45, 7) is 5.86. The number of benzene rings is 4. The number of fused-ring (bicyclic) bond motifs is 4. The summed E-state index contributed by atoms with van der Waals surface area (Å²) in [7, 11) is 0. The van der Waals surface area contributed by atoms with Crippen LogP contribution in [0.5, 0.6) is 0 Å². The van der Waals surface area contributed by atoms with Crippen molar-refractivity contribution >= 4 is 29.1 Å². The molecule has 0 unspecified atom stereocenters. The molecule has 2 aromatic heterocycles. The monoisotopic (exact) mass is 655 g/mol. The summed E-state index contributed by atoms with van der Waals surface area (Å²) in [5.74, 6) is 0. The molecule has 5 nitrogen and oxygen atoms in total. The summed E-state index contributed by atoms with van der Waals surface area (Å²) in [6.07, 6.45) is 16.5. The van der Waals surface area contributed by atoms with Gasteiger partial charge < -0.3 is 9.13 Å². The zero-order chi connectivity index (χ0) is 35.1. The van der Waals surface area contributed by atoms with E-state index in [1.807, 2.05) is 55.5 Å². The van der Waals surface area contributed by atoms with Gasteiger partial charge in [0.15, 0.2) is 0 Å². The average molecular weight is 656 g/mol. The molecule has 5 heteroatoms. The maximum atomic E-state index is 10.5. The summed E-state index contributed by atoms with van der Waals surface area (Å²) in [6, 6.07) is 35.5. The Morgan fingerprint density at radius 2 is 1.59 bits per heavy atom. The molecule has 0 bridgehead atoms. The number of para-hydroxylation sites is 2. The number of allylic oxidation sites excluding steroid dienone is 4. The van der Waals surface area contributed by atoms with Crippen LogP contribution in [0, 0.1) is 40.9 Å². The van der Waals surface area contributed by atoms with Gasteiger partial charge in [0, 0.05) is 44.8 Å². The van der Waals surface area contributed by atoms with E-state index in [4.69, 9.17) is 0 Å². The van der Waals surface area contributed by atoms with Crippen molar-refractivity contribution in [1.82, 2.24) is 9.13 Å². The summed E-state index contributed by atoms with van der Waals surface area (Å²) >= 11 is 0. The fourth-order valence-electron chi connectivity index (χ4n) is 7.87. The van der Waals surface area contributed by atoms with Crippen molar-refractivity contribution in [2.24, 2.45) is 0 Å². The molecule has 6 aromatic rings. The lowest BCUT2D eigenvalue weighted by atomic mass is 9.90. The van der Waals surface area contributed by atoms with E-state index >= 15 is 0 Å². The SMILES string of the molecule is C=C/C(C#N)=C\c1c(C)n(-c2cccc(-c3cc(-c4ccccc4-n4c5c(c6c4CCC=C6)CCC=C5)cc(C#N)c3C#N)c2)c2ccccc12. The lowest BCUT2D eigenvalue weighted by molar-refractivity contribution is 0.869. The van der Waals surface area contributed by atoms with Gasteiger partial charge in [-0.3, -0.25) is 0 Å². The van der Waals surface area contributed by atoms with Gasteiger partial charge in [-0.15, -0.1) is 0 Å². The number of hydrogen-bond acceptors (Lipinski definition) is 3. The van der Waals surface area contributed by atoms with Crippen molar-refractivity contribution in [2.45, 2.75) is 32.6 Å². The van der Waals surface area contributed by atoms with Crippen LogP contribution in [-0.4, -0.2) is 9.13 Å². The minimum atomic E-state index is 0.341. The molecular weight excluding hydrogens is 623 g/mol. The molecule has 0 saturated carbocycles. The fraction of sp³-hybridized carbons (Fsp3) is 0.109. The van der Waals surface area contributed by atoms with Crippen LogP contribution in [0.4, 0.5) is 0 Å². The molecule has 0 N–H and O–H groups in total. The van der Waals surface area contributed by atoms with E-state index in [0.29, 0.717) is 22.3 Å². The smallest absolute Gasteiger partial charge is 0.101 e. The van der Waals surface area contributed by atoms with Gasteiger partial charge in [0.2, 0.25) is 0 Å². The topological polar surface area (TPSA) is 81.2 Å². The van der Waals surface area contributed by atoms with E-state index in [1.165, 1.54) is 22.5 Å². The fourth-order valence-corrected chi connectivity index (χ4v) is 7.87. The molecule has 242 valence electrons. The van der Waals surface area contributed by atoms with Crippen LogP contribution in [0.2, 0.25) is 0 Å². The first-order valence-electron chi connectivity index (χ1n) is 17.2. The first kappa shape index (κ1) is 31.4. The lowest BCUT2D eigenvalue weighted by Gasteiger charge is -2.19. The highest BCUT2D eigenvalue weighted by atomic mass is 15.0. The Balaban J connectivity index is 1.32. The summed E-state index contributed by atoms with van der Waals surface area (Å²) in [5.41, 5.74) is 14.8. The standard InChI is InChI=1S/C46H33N5/c1-3-31(27-47)23-40-30(2)50(44-20-9-7-18-39(40)44)35-14-12-13-32(25-35)41-26-33(24-34(28-48)42(41)29-49)36-15-4-8-19-43(36)51-45-21-10-5-16-37(45)38-17-6-11-22-46(38)51/h3-5,7-9,11-16,18-20,22-26H,1,6,10,17,21H2,2H3/b31-23+. The first-order valence-corrected chi connectivity index (χ1v) is 17.2. The summed E-state index contributed by atoms with van der Waals surface area (Å²) in [5, 5.41) is 31.5. The molecule has 51 heavy (non-hydrogen) atoms. The van der Waals surface area contributed by atoms with Gasteiger partial charge in [-0.25, -0.2) is 0 Å². The normalized spacial score (nSPS) is 13.3. The second-order valence-corrected chi connectivity index (χ2v) is 12.9. The second-order valence-electron chi connectivity index (χ2n) is 12.9. The zero-order valence-corrected chi connectivity index (χ0v) is 28.3. The van der Waals surface area contributed by atoms with Gasteiger partial charge in [-0.05, 0) is 103 Å². The third-order valence-corrected chi connectivity index (χ3v) is 10.2. The average Bonchev–Trinajstić information content (AvgIpc) is 3.67. The minimum Gasteiger partial charge on any atom is -0.313 e. The van der Waals surface area contributed by atoms with E-state index in [-0.39, 0.29) is 0 Å². The molecule has 2 aliphatic rings. The molecule has 0 amide bonds. The van der Waals surface area contributed by atoms with Gasteiger partial charge in [0.05, 0.1) is 34.0 Å². The number of aromatic nitrogens is 2. The van der Waals surface area contributed by atoms with Crippen molar-refractivity contribution in [1.29, 1.82) is 15.8 Å². The summed E-state index contributed by atoms with van der Waals surface area (Å²) < 4.78 is 4.60. The molecule has 2 heterocycles. The third-order valence-electron chi connectivity index (χ3n) is 10.2. The second kappa shape index (κ2) is 12.9. The molecule has 4 aromatic carbocycles. The summed E-state index contributed by atoms with van der Waals surface area (Å²) in [4.78, 5) is 0. The highest BCUT2D eigenvalue weighted by Crippen LogP contribution is 2.41. The molecule has 0 spiro atoms. The number of rotatable bonds is 6. The Hall–Kier alpha value is -6.87. The van der Waals surface area contributed by atoms with E-state index in [9.17, 15) is 15.8 Å². The molecule has 0 fully saturated rings. The van der Waals surface area contributed by atoms with Crippen LogP contribution in [-0.2, 0) is 12.8 Å². The van der Waals surface area contributed by atoms with Crippen LogP contribution in [0.25, 0.3) is 62.8 Å². The van der Waals surface area contributed by atoms with Crippen LogP contribution >= 0.6 is 0 Å².